The lowest BCUT2D eigenvalue weighted by Gasteiger charge is -2.47. The highest BCUT2D eigenvalue weighted by molar-refractivity contribution is 5.17. The largest absolute Gasteiger partial charge is 0.390 e. The van der Waals surface area contributed by atoms with Gasteiger partial charge in [-0.3, -0.25) is 0 Å². The summed E-state index contributed by atoms with van der Waals surface area (Å²) < 4.78 is 31.9. The van der Waals surface area contributed by atoms with Crippen LogP contribution >= 0.6 is 0 Å². The normalized spacial score (nSPS) is 28.5. The highest BCUT2D eigenvalue weighted by atomic mass is 16.8. The molecule has 2 fully saturated rings. The molecule has 0 aliphatic carbocycles. The summed E-state index contributed by atoms with van der Waals surface area (Å²) in [6.45, 7) is 0.991. The van der Waals surface area contributed by atoms with E-state index < -0.39 is 37.0 Å². The Morgan fingerprint density at radius 2 is 1.77 bits per heavy atom. The quantitative estimate of drug-likeness (QED) is 0.468. The molecule has 6 atom stereocenters. The summed E-state index contributed by atoms with van der Waals surface area (Å²) >= 11 is 0. The first-order valence-electron chi connectivity index (χ1n) is 11.6. The Morgan fingerprint density at radius 1 is 1.00 bits per heavy atom. The number of aliphatic hydroxyl groups excluding tert-OH is 2. The van der Waals surface area contributed by atoms with E-state index in [0.29, 0.717) is 18.8 Å². The minimum atomic E-state index is -1.08. The molecule has 5 rings (SSSR count). The van der Waals surface area contributed by atoms with E-state index in [9.17, 15) is 5.11 Å². The van der Waals surface area contributed by atoms with Crippen LogP contribution in [0.4, 0.5) is 0 Å². The molecule has 1 aromatic heterocycles. The van der Waals surface area contributed by atoms with Crippen LogP contribution in [0.5, 0.6) is 0 Å². The maximum Gasteiger partial charge on any atom is 0.186 e. The molecule has 3 aromatic rings. The second-order valence-corrected chi connectivity index (χ2v) is 8.47. The van der Waals surface area contributed by atoms with Gasteiger partial charge in [0.25, 0.3) is 0 Å². The van der Waals surface area contributed by atoms with Crippen LogP contribution < -0.4 is 0 Å². The first-order valence-corrected chi connectivity index (χ1v) is 11.6. The van der Waals surface area contributed by atoms with Crippen LogP contribution in [0.3, 0.4) is 0 Å². The number of hydrogen-bond acceptors (Lipinski definition) is 9. The molecule has 10 heteroatoms. The zero-order valence-corrected chi connectivity index (χ0v) is 19.1. The minimum absolute atomic E-state index is 0.182. The van der Waals surface area contributed by atoms with Crippen molar-refractivity contribution in [2.75, 3.05) is 13.2 Å². The molecule has 186 valence electrons. The molecule has 2 aromatic carbocycles. The molecule has 2 N–H and O–H groups in total. The van der Waals surface area contributed by atoms with E-state index in [0.717, 1.165) is 11.1 Å². The van der Waals surface area contributed by atoms with Crippen LogP contribution in [-0.2, 0) is 43.4 Å². The zero-order valence-electron chi connectivity index (χ0n) is 19.1. The molecule has 0 bridgehead atoms. The molecular formula is C25H29N3O7. The number of rotatable bonds is 9. The number of fused-ring (bicyclic) bond motifs is 1. The number of aromatic nitrogens is 3. The van der Waals surface area contributed by atoms with Crippen molar-refractivity contribution in [3.05, 3.63) is 83.7 Å². The van der Waals surface area contributed by atoms with Crippen molar-refractivity contribution in [2.24, 2.45) is 0 Å². The predicted octanol–water partition coefficient (Wildman–Crippen LogP) is 1.57. The van der Waals surface area contributed by atoms with Gasteiger partial charge in [0.1, 0.15) is 30.1 Å². The van der Waals surface area contributed by atoms with Crippen LogP contribution in [0.2, 0.25) is 0 Å². The second-order valence-electron chi connectivity index (χ2n) is 8.47. The van der Waals surface area contributed by atoms with Crippen molar-refractivity contribution in [1.82, 2.24) is 15.0 Å². The van der Waals surface area contributed by atoms with E-state index in [1.165, 1.54) is 0 Å². The number of benzene rings is 2. The summed E-state index contributed by atoms with van der Waals surface area (Å²) in [5.41, 5.74) is 2.34. The van der Waals surface area contributed by atoms with Gasteiger partial charge in [0.2, 0.25) is 0 Å². The fourth-order valence-electron chi connectivity index (χ4n) is 4.22. The summed E-state index contributed by atoms with van der Waals surface area (Å²) in [5.74, 6) is 0. The van der Waals surface area contributed by atoms with Gasteiger partial charge in [-0.15, -0.1) is 5.10 Å². The standard InChI is InChI=1S/C25H29N3O7/c29-14-19-13-28(27-26-19)11-12-31-25-21(30)23(32-15-17-7-3-1-4-8-17)22-20(34-25)16-33-24(35-22)18-9-5-2-6-10-18/h1-10,13,20-25,29-30H,11-12,14-16H2/t20-,21+,22-,23-,24-,25-/m1/s1. The monoisotopic (exact) mass is 483 g/mol. The van der Waals surface area contributed by atoms with E-state index in [1.807, 2.05) is 60.7 Å². The molecule has 0 saturated carbocycles. The van der Waals surface area contributed by atoms with Crippen molar-refractivity contribution >= 4 is 0 Å². The van der Waals surface area contributed by atoms with Crippen molar-refractivity contribution in [3.8, 4) is 0 Å². The third-order valence-corrected chi connectivity index (χ3v) is 6.01. The number of hydrogen-bond donors (Lipinski definition) is 2. The van der Waals surface area contributed by atoms with Crippen molar-refractivity contribution in [2.45, 2.75) is 56.8 Å². The number of ether oxygens (including phenoxy) is 5. The van der Waals surface area contributed by atoms with Crippen molar-refractivity contribution in [1.29, 1.82) is 0 Å². The Morgan fingerprint density at radius 3 is 2.51 bits per heavy atom. The average molecular weight is 484 g/mol. The number of aliphatic hydroxyl groups is 2. The van der Waals surface area contributed by atoms with Crippen molar-refractivity contribution < 1.29 is 33.9 Å². The van der Waals surface area contributed by atoms with Gasteiger partial charge in [0.05, 0.1) is 39.2 Å². The molecule has 0 amide bonds. The molecule has 10 nitrogen and oxygen atoms in total. The van der Waals surface area contributed by atoms with Crippen LogP contribution in [-0.4, -0.2) is 69.1 Å². The summed E-state index contributed by atoms with van der Waals surface area (Å²) in [6.07, 6.45) is -2.68. The molecule has 2 aliphatic heterocycles. The average Bonchev–Trinajstić information content (AvgIpc) is 3.37. The molecule has 35 heavy (non-hydrogen) atoms. The lowest BCUT2D eigenvalue weighted by atomic mass is 9.97. The Balaban J connectivity index is 1.27. The van der Waals surface area contributed by atoms with Gasteiger partial charge < -0.3 is 33.9 Å². The fourth-order valence-corrected chi connectivity index (χ4v) is 4.22. The maximum atomic E-state index is 11.2. The molecule has 2 saturated heterocycles. The van der Waals surface area contributed by atoms with E-state index >= 15 is 0 Å². The molecule has 2 aliphatic rings. The maximum absolute atomic E-state index is 11.2. The third kappa shape index (κ3) is 5.76. The summed E-state index contributed by atoms with van der Waals surface area (Å²) in [4.78, 5) is 0. The zero-order chi connectivity index (χ0) is 24.0. The third-order valence-electron chi connectivity index (χ3n) is 6.01. The molecule has 3 heterocycles. The highest BCUT2D eigenvalue weighted by Gasteiger charge is 2.50. The Kier molecular flexibility index (Phi) is 7.79. The van der Waals surface area contributed by atoms with E-state index in [4.69, 9.17) is 28.8 Å². The smallest absolute Gasteiger partial charge is 0.186 e. The first kappa shape index (κ1) is 24.0. The Hall–Kier alpha value is -2.70. The van der Waals surface area contributed by atoms with Crippen molar-refractivity contribution in [3.63, 3.8) is 0 Å². The topological polar surface area (TPSA) is 117 Å². The number of nitrogens with zero attached hydrogens (tertiary/aromatic N) is 3. The molecule has 0 unspecified atom stereocenters. The van der Waals surface area contributed by atoms with Crippen LogP contribution in [0, 0.1) is 0 Å². The lowest BCUT2D eigenvalue weighted by molar-refractivity contribution is -0.367. The summed E-state index contributed by atoms with van der Waals surface area (Å²) in [6, 6.07) is 19.4. The van der Waals surface area contributed by atoms with E-state index in [1.54, 1.807) is 10.9 Å². The summed E-state index contributed by atoms with van der Waals surface area (Å²) in [7, 11) is 0. The van der Waals surface area contributed by atoms with Gasteiger partial charge in [0.15, 0.2) is 12.6 Å². The lowest BCUT2D eigenvalue weighted by Crippen LogP contribution is -2.63. The Labute approximate surface area is 202 Å². The van der Waals surface area contributed by atoms with Gasteiger partial charge >= 0.3 is 0 Å². The fraction of sp³-hybridized carbons (Fsp3) is 0.440. The van der Waals surface area contributed by atoms with Gasteiger partial charge in [0, 0.05) is 5.56 Å². The van der Waals surface area contributed by atoms with Gasteiger partial charge in [-0.1, -0.05) is 65.9 Å². The SMILES string of the molecule is OCc1cn(CCO[C@@H]2O[C@@H]3CO[C@@H](c4ccccc4)O[C@H]3[C@H](OCc3ccccc3)[C@@H]2O)nn1. The predicted molar refractivity (Wildman–Crippen MR) is 122 cm³/mol. The highest BCUT2D eigenvalue weighted by Crippen LogP contribution is 2.36. The Bertz CT molecular complexity index is 1050. The molecule has 0 radical (unpaired) electrons. The first-order chi connectivity index (χ1) is 17.2. The van der Waals surface area contributed by atoms with E-state index in [2.05, 4.69) is 10.3 Å². The van der Waals surface area contributed by atoms with Gasteiger partial charge in [-0.25, -0.2) is 4.68 Å². The minimum Gasteiger partial charge on any atom is -0.390 e. The summed E-state index contributed by atoms with van der Waals surface area (Å²) in [5, 5.41) is 28.1. The van der Waals surface area contributed by atoms with Gasteiger partial charge in [-0.05, 0) is 5.56 Å². The van der Waals surface area contributed by atoms with E-state index in [-0.39, 0.29) is 19.8 Å². The van der Waals surface area contributed by atoms with Gasteiger partial charge in [-0.2, -0.15) is 0 Å². The molecular weight excluding hydrogens is 454 g/mol. The van der Waals surface area contributed by atoms with Crippen LogP contribution in [0.15, 0.2) is 66.9 Å². The molecule has 0 spiro atoms. The van der Waals surface area contributed by atoms with Crippen LogP contribution in [0.1, 0.15) is 23.1 Å². The van der Waals surface area contributed by atoms with Crippen LogP contribution in [0.25, 0.3) is 0 Å². The second kappa shape index (κ2) is 11.4.